The van der Waals surface area contributed by atoms with Gasteiger partial charge in [-0.1, -0.05) is 27.5 Å². The van der Waals surface area contributed by atoms with Gasteiger partial charge in [0.2, 0.25) is 0 Å². The van der Waals surface area contributed by atoms with Crippen LogP contribution < -0.4 is 10.8 Å². The van der Waals surface area contributed by atoms with Crippen LogP contribution in [0.2, 0.25) is 5.02 Å². The van der Waals surface area contributed by atoms with Crippen molar-refractivity contribution in [3.63, 3.8) is 0 Å². The molecule has 2 aromatic carbocycles. The largest absolute Gasteiger partial charge is 0.478 e. The number of fused-ring (bicyclic) bond motifs is 1. The van der Waals surface area contributed by atoms with E-state index >= 15 is 0 Å². The first-order valence-electron chi connectivity index (χ1n) is 8.30. The van der Waals surface area contributed by atoms with Gasteiger partial charge in [0.1, 0.15) is 5.52 Å². The predicted octanol–water partition coefficient (Wildman–Crippen LogP) is 4.86. The van der Waals surface area contributed by atoms with Crippen LogP contribution in [0.25, 0.3) is 11.0 Å². The minimum atomic E-state index is -1.26. The lowest BCUT2D eigenvalue weighted by atomic mass is 10.1. The van der Waals surface area contributed by atoms with Gasteiger partial charge in [0.25, 0.3) is 0 Å². The Labute approximate surface area is 173 Å². The Morgan fingerprint density at radius 3 is 2.75 bits per heavy atom. The van der Waals surface area contributed by atoms with Gasteiger partial charge in [-0.2, -0.15) is 5.48 Å². The number of hydrogen-bond donors (Lipinski definition) is 4. The van der Waals surface area contributed by atoms with Crippen molar-refractivity contribution < 1.29 is 19.1 Å². The summed E-state index contributed by atoms with van der Waals surface area (Å²) in [5, 5.41) is 12.4. The first-order chi connectivity index (χ1) is 13.4. The summed E-state index contributed by atoms with van der Waals surface area (Å²) in [5.41, 5.74) is 3.17. The lowest BCUT2D eigenvalue weighted by Gasteiger charge is -2.12. The van der Waals surface area contributed by atoms with E-state index in [-0.39, 0.29) is 16.8 Å². The summed E-state index contributed by atoms with van der Waals surface area (Å²) >= 11 is 9.34. The third-order valence-corrected chi connectivity index (χ3v) is 4.74. The average Bonchev–Trinajstić information content (AvgIpc) is 3.33. The molecule has 7 nitrogen and oxygen atoms in total. The van der Waals surface area contributed by atoms with Crippen molar-refractivity contribution in [2.75, 3.05) is 12.4 Å². The van der Waals surface area contributed by atoms with Gasteiger partial charge in [-0.3, -0.25) is 0 Å². The molecule has 0 unspecified atom stereocenters. The number of carboxylic acid groups (broad SMARTS) is 1. The Kier molecular flexibility index (Phi) is 6.50. The molecule has 0 amide bonds. The van der Waals surface area contributed by atoms with Crippen LogP contribution in [-0.4, -0.2) is 34.2 Å². The van der Waals surface area contributed by atoms with E-state index in [0.29, 0.717) is 22.3 Å². The van der Waals surface area contributed by atoms with Crippen LogP contribution in [0.3, 0.4) is 0 Å². The highest BCUT2D eigenvalue weighted by Gasteiger charge is 2.21. The lowest BCUT2D eigenvalue weighted by Crippen LogP contribution is -2.12. The van der Waals surface area contributed by atoms with Crippen molar-refractivity contribution in [1.82, 2.24) is 15.4 Å². The zero-order valence-corrected chi connectivity index (χ0v) is 17.1. The maximum atomic E-state index is 14.6. The van der Waals surface area contributed by atoms with E-state index in [9.17, 15) is 14.3 Å². The Bertz CT molecular complexity index is 1010. The van der Waals surface area contributed by atoms with E-state index in [1.54, 1.807) is 25.3 Å². The van der Waals surface area contributed by atoms with Crippen molar-refractivity contribution in [2.24, 2.45) is 0 Å². The molecule has 1 fully saturated rings. The number of H-pyrrole nitrogens is 1. The number of aromatic nitrogens is 2. The fraction of sp³-hybridized carbons (Fsp3) is 0.222. The quantitative estimate of drug-likeness (QED) is 0.397. The molecule has 1 aliphatic rings. The number of imidazole rings is 1. The van der Waals surface area contributed by atoms with Gasteiger partial charge in [-0.25, -0.2) is 14.2 Å². The Morgan fingerprint density at radius 1 is 1.43 bits per heavy atom. The molecule has 0 bridgehead atoms. The highest BCUT2D eigenvalue weighted by Crippen LogP contribution is 2.33. The third kappa shape index (κ3) is 4.79. The van der Waals surface area contributed by atoms with Gasteiger partial charge in [0, 0.05) is 10.5 Å². The summed E-state index contributed by atoms with van der Waals surface area (Å²) in [6.45, 7) is 0. The lowest BCUT2D eigenvalue weighted by molar-refractivity contribution is 0.0697. The topological polar surface area (TPSA) is 99.3 Å². The zero-order chi connectivity index (χ0) is 20.3. The van der Waals surface area contributed by atoms with Crippen LogP contribution in [0, 0.1) is 5.82 Å². The second-order valence-electron chi connectivity index (χ2n) is 6.06. The number of aromatic amines is 1. The molecule has 1 aromatic heterocycles. The van der Waals surface area contributed by atoms with Gasteiger partial charge >= 0.3 is 5.97 Å². The number of rotatable bonds is 5. The van der Waals surface area contributed by atoms with E-state index < -0.39 is 11.8 Å². The minimum Gasteiger partial charge on any atom is -0.478 e. The molecule has 10 heteroatoms. The number of hydrogen-bond acceptors (Lipinski definition) is 5. The second-order valence-corrected chi connectivity index (χ2v) is 7.39. The molecule has 0 spiro atoms. The first kappa shape index (κ1) is 20.5. The van der Waals surface area contributed by atoms with Crippen molar-refractivity contribution in [3.05, 3.63) is 51.5 Å². The van der Waals surface area contributed by atoms with E-state index in [4.69, 9.17) is 11.6 Å². The normalized spacial score (nSPS) is 13.1. The van der Waals surface area contributed by atoms with Gasteiger partial charge in [0.15, 0.2) is 5.82 Å². The van der Waals surface area contributed by atoms with E-state index in [1.807, 2.05) is 0 Å². The number of carboxylic acids is 1. The van der Waals surface area contributed by atoms with Gasteiger partial charge in [-0.15, -0.1) is 0 Å². The highest BCUT2D eigenvalue weighted by molar-refractivity contribution is 9.10. The highest BCUT2D eigenvalue weighted by atomic mass is 79.9. The molecule has 0 saturated heterocycles. The summed E-state index contributed by atoms with van der Waals surface area (Å²) < 4.78 is 15.3. The van der Waals surface area contributed by atoms with Gasteiger partial charge < -0.3 is 20.2 Å². The SMILES string of the molecule is CONC1CC1.O=C(O)c1cc2[nH]cnc2c(F)c1Nc1ccc(Br)cc1Cl. The summed E-state index contributed by atoms with van der Waals surface area (Å²) in [5.74, 6) is -2.01. The fourth-order valence-corrected chi connectivity index (χ4v) is 3.15. The monoisotopic (exact) mass is 470 g/mol. The molecule has 1 heterocycles. The number of halogens is 3. The smallest absolute Gasteiger partial charge is 0.338 e. The summed E-state index contributed by atoms with van der Waals surface area (Å²) in [7, 11) is 1.65. The molecule has 0 radical (unpaired) electrons. The van der Waals surface area contributed by atoms with E-state index in [0.717, 1.165) is 4.47 Å². The third-order valence-electron chi connectivity index (χ3n) is 3.94. The average molecular weight is 472 g/mol. The Balaban J connectivity index is 0.000000320. The van der Waals surface area contributed by atoms with Crippen LogP contribution >= 0.6 is 27.5 Å². The maximum Gasteiger partial charge on any atom is 0.338 e. The standard InChI is InChI=1S/C14H8BrClFN3O2.C4H9NO/c15-6-1-2-9(8(16)3-6)20-12-7(14(21)22)4-10-13(11(12)17)19-5-18-10;1-6-5-4-2-3-4/h1-5,20H,(H,18,19)(H,21,22);4-5H,2-3H2,1H3. The van der Waals surface area contributed by atoms with Crippen molar-refractivity contribution in [1.29, 1.82) is 0 Å². The van der Waals surface area contributed by atoms with Crippen LogP contribution in [0.5, 0.6) is 0 Å². The summed E-state index contributed by atoms with van der Waals surface area (Å²) in [4.78, 5) is 22.5. The number of aromatic carboxylic acids is 1. The number of benzene rings is 2. The zero-order valence-electron chi connectivity index (χ0n) is 14.7. The molecular formula is C18H17BrClFN4O3. The van der Waals surface area contributed by atoms with Crippen LogP contribution in [0.15, 0.2) is 35.1 Å². The molecule has 4 N–H and O–H groups in total. The van der Waals surface area contributed by atoms with Crippen LogP contribution in [-0.2, 0) is 4.84 Å². The first-order valence-corrected chi connectivity index (χ1v) is 9.47. The molecular weight excluding hydrogens is 455 g/mol. The summed E-state index contributed by atoms with van der Waals surface area (Å²) in [6, 6.07) is 6.94. The molecule has 1 aliphatic carbocycles. The van der Waals surface area contributed by atoms with Crippen LogP contribution in [0.4, 0.5) is 15.8 Å². The van der Waals surface area contributed by atoms with Crippen LogP contribution in [0.1, 0.15) is 23.2 Å². The van der Waals surface area contributed by atoms with Gasteiger partial charge in [-0.05, 0) is 37.1 Å². The number of nitrogens with one attached hydrogen (secondary N) is 3. The molecule has 4 rings (SSSR count). The predicted molar refractivity (Wildman–Crippen MR) is 109 cm³/mol. The molecule has 1 saturated carbocycles. The molecule has 148 valence electrons. The number of hydroxylamine groups is 1. The van der Waals surface area contributed by atoms with Crippen molar-refractivity contribution in [3.8, 4) is 0 Å². The minimum absolute atomic E-state index is 0.0562. The Hall–Kier alpha value is -2.20. The fourth-order valence-electron chi connectivity index (χ4n) is 2.43. The summed E-state index contributed by atoms with van der Waals surface area (Å²) in [6.07, 6.45) is 3.87. The molecule has 0 aliphatic heterocycles. The van der Waals surface area contributed by atoms with E-state index in [1.165, 1.54) is 25.2 Å². The van der Waals surface area contributed by atoms with Gasteiger partial charge in [0.05, 0.1) is 40.9 Å². The Morgan fingerprint density at radius 2 is 2.18 bits per heavy atom. The molecule has 0 atom stereocenters. The molecule has 28 heavy (non-hydrogen) atoms. The number of anilines is 2. The number of carbonyl (C=O) groups is 1. The number of nitrogens with zero attached hydrogens (tertiary/aromatic N) is 1. The van der Waals surface area contributed by atoms with Crippen molar-refractivity contribution >= 4 is 55.9 Å². The van der Waals surface area contributed by atoms with E-state index in [2.05, 4.69) is 41.5 Å². The molecule has 3 aromatic rings. The maximum absolute atomic E-state index is 14.6. The van der Waals surface area contributed by atoms with Crippen molar-refractivity contribution in [2.45, 2.75) is 18.9 Å². The second kappa shape index (κ2) is 8.87.